The van der Waals surface area contributed by atoms with E-state index in [1.165, 1.54) is 6.07 Å². The van der Waals surface area contributed by atoms with Crippen molar-refractivity contribution in [1.82, 2.24) is 0 Å². The molecule has 0 fully saturated rings. The topological polar surface area (TPSA) is 17.1 Å². The predicted octanol–water partition coefficient (Wildman–Crippen LogP) is 4.74. The Morgan fingerprint density at radius 1 is 1.05 bits per heavy atom. The Morgan fingerprint density at radius 2 is 1.68 bits per heavy atom. The predicted molar refractivity (Wildman–Crippen MR) is 78.2 cm³/mol. The molecule has 0 amide bonds. The van der Waals surface area contributed by atoms with Gasteiger partial charge in [0.15, 0.2) is 5.78 Å². The third kappa shape index (κ3) is 2.61. The van der Waals surface area contributed by atoms with Crippen molar-refractivity contribution >= 4 is 21.7 Å². The molecule has 0 atom stereocenters. The average molecular weight is 321 g/mol. The van der Waals surface area contributed by atoms with E-state index in [9.17, 15) is 9.18 Å². The Kier molecular flexibility index (Phi) is 3.85. The van der Waals surface area contributed by atoms with E-state index in [1.54, 1.807) is 12.1 Å². The minimum absolute atomic E-state index is 0.0915. The molecule has 3 heteroatoms. The molecule has 0 N–H and O–H groups in total. The number of carbonyl (C=O) groups is 1. The van der Waals surface area contributed by atoms with Crippen molar-refractivity contribution in [2.75, 3.05) is 0 Å². The standard InChI is InChI=1S/C16H14BrFO/c1-9-7-11(3)12(8-10(9)2)16(19)15-13(17)5-4-6-14(15)18/h4-8H,1-3H3. The van der Waals surface area contributed by atoms with Crippen LogP contribution in [-0.4, -0.2) is 5.78 Å². The van der Waals surface area contributed by atoms with Crippen molar-refractivity contribution in [2.24, 2.45) is 0 Å². The first kappa shape index (κ1) is 13.9. The SMILES string of the molecule is Cc1cc(C)c(C(=O)c2c(F)cccc2Br)cc1C. The van der Waals surface area contributed by atoms with Crippen LogP contribution in [0.2, 0.25) is 0 Å². The van der Waals surface area contributed by atoms with E-state index in [0.717, 1.165) is 16.7 Å². The quantitative estimate of drug-likeness (QED) is 0.730. The molecule has 0 heterocycles. The van der Waals surface area contributed by atoms with Crippen molar-refractivity contribution in [1.29, 1.82) is 0 Å². The molecule has 0 spiro atoms. The zero-order valence-corrected chi connectivity index (χ0v) is 12.6. The normalized spacial score (nSPS) is 10.6. The molecule has 2 aromatic rings. The minimum Gasteiger partial charge on any atom is -0.288 e. The van der Waals surface area contributed by atoms with Crippen LogP contribution in [0.15, 0.2) is 34.8 Å². The van der Waals surface area contributed by atoms with Gasteiger partial charge in [0.2, 0.25) is 0 Å². The lowest BCUT2D eigenvalue weighted by Crippen LogP contribution is -2.08. The number of halogens is 2. The molecule has 0 aliphatic rings. The highest BCUT2D eigenvalue weighted by Gasteiger charge is 2.19. The van der Waals surface area contributed by atoms with Crippen LogP contribution in [0.4, 0.5) is 4.39 Å². The van der Waals surface area contributed by atoms with E-state index in [2.05, 4.69) is 15.9 Å². The maximum atomic E-state index is 13.8. The van der Waals surface area contributed by atoms with Gasteiger partial charge in [0, 0.05) is 10.0 Å². The van der Waals surface area contributed by atoms with Crippen LogP contribution < -0.4 is 0 Å². The molecule has 0 saturated heterocycles. The van der Waals surface area contributed by atoms with E-state index in [0.29, 0.717) is 10.0 Å². The second kappa shape index (κ2) is 5.25. The van der Waals surface area contributed by atoms with Crippen LogP contribution in [0.5, 0.6) is 0 Å². The monoisotopic (exact) mass is 320 g/mol. The number of aryl methyl sites for hydroxylation is 3. The molecule has 1 nitrogen and oxygen atoms in total. The summed E-state index contributed by atoms with van der Waals surface area (Å²) in [6.45, 7) is 5.81. The van der Waals surface area contributed by atoms with Crippen LogP contribution in [0.25, 0.3) is 0 Å². The number of rotatable bonds is 2. The Hall–Kier alpha value is -1.48. The van der Waals surface area contributed by atoms with Gasteiger partial charge in [0.05, 0.1) is 5.56 Å². The maximum absolute atomic E-state index is 13.8. The largest absolute Gasteiger partial charge is 0.288 e. The minimum atomic E-state index is -0.503. The second-order valence-corrected chi connectivity index (χ2v) is 5.53. The molecule has 0 aliphatic carbocycles. The van der Waals surface area contributed by atoms with Crippen molar-refractivity contribution in [3.8, 4) is 0 Å². The van der Waals surface area contributed by atoms with Crippen molar-refractivity contribution in [2.45, 2.75) is 20.8 Å². The first-order valence-electron chi connectivity index (χ1n) is 5.98. The van der Waals surface area contributed by atoms with E-state index in [1.807, 2.05) is 32.9 Å². The van der Waals surface area contributed by atoms with Crippen molar-refractivity contribution < 1.29 is 9.18 Å². The Balaban J connectivity index is 2.60. The van der Waals surface area contributed by atoms with Gasteiger partial charge in [-0.1, -0.05) is 12.1 Å². The summed E-state index contributed by atoms with van der Waals surface area (Å²) in [5.74, 6) is -0.789. The van der Waals surface area contributed by atoms with Gasteiger partial charge in [-0.25, -0.2) is 4.39 Å². The summed E-state index contributed by atoms with van der Waals surface area (Å²) >= 11 is 3.24. The lowest BCUT2D eigenvalue weighted by Gasteiger charge is -2.10. The van der Waals surface area contributed by atoms with Gasteiger partial charge in [-0.2, -0.15) is 0 Å². The molecular weight excluding hydrogens is 307 g/mol. The van der Waals surface area contributed by atoms with E-state index >= 15 is 0 Å². The molecular formula is C16H14BrFO. The fourth-order valence-electron chi connectivity index (χ4n) is 2.05. The fraction of sp³-hybridized carbons (Fsp3) is 0.188. The molecule has 2 aromatic carbocycles. The molecule has 0 saturated carbocycles. The fourth-order valence-corrected chi connectivity index (χ4v) is 2.58. The number of hydrogen-bond acceptors (Lipinski definition) is 1. The van der Waals surface area contributed by atoms with E-state index in [-0.39, 0.29) is 11.3 Å². The van der Waals surface area contributed by atoms with Crippen LogP contribution in [0, 0.1) is 26.6 Å². The Labute approximate surface area is 120 Å². The highest BCUT2D eigenvalue weighted by atomic mass is 79.9. The number of hydrogen-bond donors (Lipinski definition) is 0. The van der Waals surface area contributed by atoms with Gasteiger partial charge in [0.1, 0.15) is 5.82 Å². The summed E-state index contributed by atoms with van der Waals surface area (Å²) in [6.07, 6.45) is 0. The molecule has 0 aromatic heterocycles. The molecule has 2 rings (SSSR count). The van der Waals surface area contributed by atoms with Gasteiger partial charge in [-0.3, -0.25) is 4.79 Å². The van der Waals surface area contributed by atoms with Crippen LogP contribution in [0.3, 0.4) is 0 Å². The zero-order chi connectivity index (χ0) is 14.2. The number of carbonyl (C=O) groups excluding carboxylic acids is 1. The first-order chi connectivity index (χ1) is 8.91. The molecule has 19 heavy (non-hydrogen) atoms. The lowest BCUT2D eigenvalue weighted by molar-refractivity contribution is 0.103. The van der Waals surface area contributed by atoms with E-state index in [4.69, 9.17) is 0 Å². The van der Waals surface area contributed by atoms with Crippen molar-refractivity contribution in [3.05, 3.63) is 68.4 Å². The van der Waals surface area contributed by atoms with Gasteiger partial charge in [-0.05, 0) is 71.6 Å². The molecule has 0 bridgehead atoms. The lowest BCUT2D eigenvalue weighted by atomic mass is 9.94. The maximum Gasteiger partial charge on any atom is 0.197 e. The average Bonchev–Trinajstić information content (AvgIpc) is 2.33. The smallest absolute Gasteiger partial charge is 0.197 e. The third-order valence-electron chi connectivity index (χ3n) is 3.28. The van der Waals surface area contributed by atoms with E-state index < -0.39 is 5.82 Å². The first-order valence-corrected chi connectivity index (χ1v) is 6.77. The summed E-state index contributed by atoms with van der Waals surface area (Å²) in [7, 11) is 0. The summed E-state index contributed by atoms with van der Waals surface area (Å²) < 4.78 is 14.3. The zero-order valence-electron chi connectivity index (χ0n) is 11.1. The van der Waals surface area contributed by atoms with Crippen molar-refractivity contribution in [3.63, 3.8) is 0 Å². The summed E-state index contributed by atoms with van der Waals surface area (Å²) in [6, 6.07) is 8.33. The molecule has 0 radical (unpaired) electrons. The van der Waals surface area contributed by atoms with Crippen LogP contribution >= 0.6 is 15.9 Å². The highest BCUT2D eigenvalue weighted by molar-refractivity contribution is 9.10. The molecule has 0 aliphatic heterocycles. The van der Waals surface area contributed by atoms with Gasteiger partial charge in [-0.15, -0.1) is 0 Å². The van der Waals surface area contributed by atoms with Crippen LogP contribution in [0.1, 0.15) is 32.6 Å². The van der Waals surface area contributed by atoms with Crippen LogP contribution in [-0.2, 0) is 0 Å². The summed E-state index contributed by atoms with van der Waals surface area (Å²) in [5.41, 5.74) is 3.66. The highest BCUT2D eigenvalue weighted by Crippen LogP contribution is 2.25. The third-order valence-corrected chi connectivity index (χ3v) is 3.94. The Morgan fingerprint density at radius 3 is 2.32 bits per heavy atom. The summed E-state index contributed by atoms with van der Waals surface area (Å²) in [4.78, 5) is 12.5. The summed E-state index contributed by atoms with van der Waals surface area (Å²) in [5, 5.41) is 0. The molecule has 0 unspecified atom stereocenters. The molecule has 98 valence electrons. The number of benzene rings is 2. The number of ketones is 1. The van der Waals surface area contributed by atoms with Gasteiger partial charge >= 0.3 is 0 Å². The second-order valence-electron chi connectivity index (χ2n) is 4.68. The Bertz CT molecular complexity index is 642. The van der Waals surface area contributed by atoms with Gasteiger partial charge < -0.3 is 0 Å². The van der Waals surface area contributed by atoms with Gasteiger partial charge in [0.25, 0.3) is 0 Å².